The van der Waals surface area contributed by atoms with Crippen molar-refractivity contribution in [2.45, 2.75) is 0 Å². The number of likely N-dealkylation sites (N-methyl/N-ethyl adjacent to an activating group) is 1. The van der Waals surface area contributed by atoms with Crippen molar-refractivity contribution in [3.05, 3.63) is 0 Å². The van der Waals surface area contributed by atoms with Crippen molar-refractivity contribution in [3.63, 3.8) is 0 Å². The molecule has 0 unspecified atom stereocenters. The molecular formula is C5H10NO3. The van der Waals surface area contributed by atoms with Crippen molar-refractivity contribution >= 4 is 6.09 Å². The largest absolute Gasteiger partial charge is 0.452 e. The molecule has 0 aliphatic carbocycles. The molecule has 0 saturated heterocycles. The lowest BCUT2D eigenvalue weighted by Crippen LogP contribution is -2.27. The van der Waals surface area contributed by atoms with Gasteiger partial charge in [-0.3, -0.25) is 0 Å². The lowest BCUT2D eigenvalue weighted by molar-refractivity contribution is 0.111. The number of amides is 1. The second kappa shape index (κ2) is 4.14. The van der Waals surface area contributed by atoms with Crippen LogP contribution in [0.3, 0.4) is 0 Å². The van der Waals surface area contributed by atoms with Crippen LogP contribution in [0.15, 0.2) is 0 Å². The van der Waals surface area contributed by atoms with Gasteiger partial charge in [-0.1, -0.05) is 0 Å². The molecule has 0 aromatic heterocycles. The van der Waals surface area contributed by atoms with E-state index in [4.69, 9.17) is 0 Å². The number of rotatable bonds is 3. The van der Waals surface area contributed by atoms with E-state index in [1.165, 1.54) is 14.2 Å². The van der Waals surface area contributed by atoms with Crippen LogP contribution in [0.25, 0.3) is 0 Å². The molecule has 0 spiro atoms. The van der Waals surface area contributed by atoms with E-state index >= 15 is 0 Å². The molecule has 0 aromatic carbocycles. The summed E-state index contributed by atoms with van der Waals surface area (Å²) in [5.41, 5.74) is 0. The summed E-state index contributed by atoms with van der Waals surface area (Å²) in [4.78, 5) is 11.0. The third-order valence-corrected chi connectivity index (χ3v) is 0.942. The van der Waals surface area contributed by atoms with Gasteiger partial charge in [0.05, 0.1) is 6.61 Å². The van der Waals surface area contributed by atoms with Gasteiger partial charge in [-0.25, -0.2) is 9.90 Å². The molecule has 0 bridgehead atoms. The third kappa shape index (κ3) is 3.78. The smallest absolute Gasteiger partial charge is 0.383 e. The van der Waals surface area contributed by atoms with Crippen LogP contribution in [0.2, 0.25) is 0 Å². The Morgan fingerprint density at radius 1 is 1.67 bits per heavy atom. The fourth-order valence-corrected chi connectivity index (χ4v) is 0.320. The summed E-state index contributed by atoms with van der Waals surface area (Å²) in [7, 11) is 2.96. The molecule has 53 valence electrons. The number of nitrogens with zero attached hydrogens (tertiary/aromatic N) is 1. The zero-order valence-electron chi connectivity index (χ0n) is 5.59. The second-order valence-electron chi connectivity index (χ2n) is 1.68. The highest BCUT2D eigenvalue weighted by molar-refractivity contribution is 5.63. The monoisotopic (exact) mass is 132 g/mol. The van der Waals surface area contributed by atoms with E-state index in [2.05, 4.69) is 4.74 Å². The van der Waals surface area contributed by atoms with Gasteiger partial charge in [0.25, 0.3) is 0 Å². The summed E-state index contributed by atoms with van der Waals surface area (Å²) in [5.74, 6) is 0. The Bertz CT molecular complexity index is 94.2. The van der Waals surface area contributed by atoms with Crippen molar-refractivity contribution in [1.29, 1.82) is 0 Å². The zero-order chi connectivity index (χ0) is 7.28. The number of hydrogen-bond donors (Lipinski definition) is 0. The van der Waals surface area contributed by atoms with Crippen molar-refractivity contribution in [2.24, 2.45) is 0 Å². The van der Waals surface area contributed by atoms with Gasteiger partial charge in [-0.15, -0.1) is 0 Å². The minimum atomic E-state index is -1.17. The zero-order valence-corrected chi connectivity index (χ0v) is 5.59. The predicted molar refractivity (Wildman–Crippen MR) is 30.6 cm³/mol. The molecular weight excluding hydrogens is 122 g/mol. The van der Waals surface area contributed by atoms with Crippen LogP contribution >= 0.6 is 0 Å². The molecule has 0 saturated carbocycles. The normalized spacial score (nSPS) is 9.11. The number of methoxy groups -OCH3 is 1. The average Bonchev–Trinajstić information content (AvgIpc) is 1.82. The third-order valence-electron chi connectivity index (χ3n) is 0.942. The van der Waals surface area contributed by atoms with Crippen LogP contribution in [0.5, 0.6) is 0 Å². The van der Waals surface area contributed by atoms with E-state index in [0.29, 0.717) is 13.2 Å². The average molecular weight is 132 g/mol. The van der Waals surface area contributed by atoms with Gasteiger partial charge in [0.2, 0.25) is 0 Å². The summed E-state index contributed by atoms with van der Waals surface area (Å²) in [6, 6.07) is 0. The van der Waals surface area contributed by atoms with Crippen molar-refractivity contribution in [2.75, 3.05) is 27.3 Å². The van der Waals surface area contributed by atoms with E-state index < -0.39 is 6.09 Å². The standard InChI is InChI=1S/C5H10NO3/c1-6(5(7)8)3-4-9-2/h3-4H2,1-2H3. The highest BCUT2D eigenvalue weighted by Gasteiger charge is 2.04. The molecule has 0 aliphatic heterocycles. The molecule has 0 aromatic rings. The van der Waals surface area contributed by atoms with Gasteiger partial charge in [0.15, 0.2) is 0 Å². The molecule has 9 heavy (non-hydrogen) atoms. The Morgan fingerprint density at radius 3 is 2.56 bits per heavy atom. The number of carbonyl (C=O) groups excluding carboxylic acids is 1. The summed E-state index contributed by atoms with van der Waals surface area (Å²) in [6.45, 7) is 0.767. The molecule has 1 amide bonds. The van der Waals surface area contributed by atoms with Crippen LogP contribution in [0.1, 0.15) is 0 Å². The minimum absolute atomic E-state index is 0.360. The molecule has 4 heteroatoms. The molecule has 1 radical (unpaired) electrons. The SMILES string of the molecule is COCCN(C)C([O])=O. The van der Waals surface area contributed by atoms with Crippen molar-refractivity contribution in [1.82, 2.24) is 4.90 Å². The first-order valence-electron chi connectivity index (χ1n) is 2.59. The molecule has 0 heterocycles. The second-order valence-corrected chi connectivity index (χ2v) is 1.68. The van der Waals surface area contributed by atoms with Crippen molar-refractivity contribution in [3.8, 4) is 0 Å². The van der Waals surface area contributed by atoms with E-state index in [9.17, 15) is 9.90 Å². The summed E-state index contributed by atoms with van der Waals surface area (Å²) in [5, 5.41) is 9.96. The molecule has 0 N–H and O–H groups in total. The van der Waals surface area contributed by atoms with Crippen LogP contribution in [-0.2, 0) is 9.84 Å². The number of carbonyl (C=O) groups is 1. The Hall–Kier alpha value is -0.770. The van der Waals surface area contributed by atoms with Gasteiger partial charge < -0.3 is 9.64 Å². The highest BCUT2D eigenvalue weighted by atomic mass is 16.5. The first-order valence-corrected chi connectivity index (χ1v) is 2.59. The van der Waals surface area contributed by atoms with Gasteiger partial charge in [-0.05, 0) is 0 Å². The first kappa shape index (κ1) is 8.23. The quantitative estimate of drug-likeness (QED) is 0.547. The van der Waals surface area contributed by atoms with E-state index in [1.807, 2.05) is 0 Å². The Labute approximate surface area is 54.0 Å². The maximum atomic E-state index is 9.96. The van der Waals surface area contributed by atoms with Gasteiger partial charge in [0.1, 0.15) is 0 Å². The highest BCUT2D eigenvalue weighted by Crippen LogP contribution is 1.82. The Morgan fingerprint density at radius 2 is 2.22 bits per heavy atom. The van der Waals surface area contributed by atoms with E-state index in [1.54, 1.807) is 0 Å². The maximum absolute atomic E-state index is 9.96. The fourth-order valence-electron chi connectivity index (χ4n) is 0.320. The Kier molecular flexibility index (Phi) is 3.79. The fraction of sp³-hybridized carbons (Fsp3) is 0.800. The van der Waals surface area contributed by atoms with Gasteiger partial charge in [-0.2, -0.15) is 0 Å². The number of hydrogen-bond acceptors (Lipinski definition) is 2. The van der Waals surface area contributed by atoms with Gasteiger partial charge in [0, 0.05) is 20.7 Å². The van der Waals surface area contributed by atoms with Crippen LogP contribution in [-0.4, -0.2) is 38.3 Å². The summed E-state index contributed by atoms with van der Waals surface area (Å²) < 4.78 is 4.63. The Balaban J connectivity index is 3.27. The molecule has 4 nitrogen and oxygen atoms in total. The van der Waals surface area contributed by atoms with Crippen LogP contribution in [0.4, 0.5) is 4.79 Å². The van der Waals surface area contributed by atoms with Crippen LogP contribution in [0, 0.1) is 0 Å². The first-order chi connectivity index (χ1) is 4.18. The molecule has 0 rings (SSSR count). The van der Waals surface area contributed by atoms with Gasteiger partial charge >= 0.3 is 6.09 Å². The lowest BCUT2D eigenvalue weighted by atomic mass is 10.6. The number of ether oxygens (including phenoxy) is 1. The lowest BCUT2D eigenvalue weighted by Gasteiger charge is -2.08. The molecule has 0 fully saturated rings. The predicted octanol–water partition coefficient (Wildman–Crippen LogP) is 0.115. The van der Waals surface area contributed by atoms with Crippen LogP contribution < -0.4 is 0 Å². The topological polar surface area (TPSA) is 49.4 Å². The van der Waals surface area contributed by atoms with E-state index in [0.717, 1.165) is 4.90 Å². The summed E-state index contributed by atoms with van der Waals surface area (Å²) in [6.07, 6.45) is -1.17. The minimum Gasteiger partial charge on any atom is -0.383 e. The van der Waals surface area contributed by atoms with Crippen molar-refractivity contribution < 1.29 is 14.6 Å². The maximum Gasteiger partial charge on any atom is 0.452 e. The van der Waals surface area contributed by atoms with E-state index in [-0.39, 0.29) is 0 Å². The molecule has 0 atom stereocenters. The molecule has 0 aliphatic rings. The summed E-state index contributed by atoms with van der Waals surface area (Å²) >= 11 is 0.